The molecule has 0 atom stereocenters. The van der Waals surface area contributed by atoms with Gasteiger partial charge >= 0.3 is 0 Å². The first-order valence-electron chi connectivity index (χ1n) is 7.19. The highest BCUT2D eigenvalue weighted by atomic mass is 16.5. The fourth-order valence-corrected chi connectivity index (χ4v) is 2.34. The van der Waals surface area contributed by atoms with Crippen LogP contribution in [0.1, 0.15) is 16.7 Å². The molecule has 112 valence electrons. The van der Waals surface area contributed by atoms with E-state index in [1.54, 1.807) is 7.11 Å². The maximum Gasteiger partial charge on any atom is 0.123 e. The molecular formula is C18H24N2O. The minimum Gasteiger partial charge on any atom is -0.496 e. The minimum atomic E-state index is 0.762. The Balaban J connectivity index is 2.01. The van der Waals surface area contributed by atoms with Gasteiger partial charge in [0.25, 0.3) is 0 Å². The van der Waals surface area contributed by atoms with Crippen LogP contribution in [0.3, 0.4) is 0 Å². The second-order valence-electron chi connectivity index (χ2n) is 5.60. The number of nitrogens with zero attached hydrogens (tertiary/aromatic N) is 1. The third-order valence-electron chi connectivity index (χ3n) is 3.37. The maximum atomic E-state index is 5.41. The summed E-state index contributed by atoms with van der Waals surface area (Å²) in [6.45, 7) is 3.82. The van der Waals surface area contributed by atoms with E-state index in [-0.39, 0.29) is 0 Å². The van der Waals surface area contributed by atoms with Gasteiger partial charge in [0, 0.05) is 24.3 Å². The molecule has 2 aromatic rings. The summed E-state index contributed by atoms with van der Waals surface area (Å²) >= 11 is 0. The van der Waals surface area contributed by atoms with E-state index in [9.17, 15) is 0 Å². The van der Waals surface area contributed by atoms with Crippen molar-refractivity contribution in [3.8, 4) is 5.75 Å². The zero-order chi connectivity index (χ0) is 15.2. The Kier molecular flexibility index (Phi) is 5.23. The van der Waals surface area contributed by atoms with Crippen LogP contribution in [-0.2, 0) is 13.1 Å². The number of anilines is 1. The molecule has 0 bridgehead atoms. The molecule has 0 amide bonds. The number of hydrogen-bond donors (Lipinski definition) is 1. The first kappa shape index (κ1) is 15.4. The summed E-state index contributed by atoms with van der Waals surface area (Å²) in [5, 5.41) is 3.45. The van der Waals surface area contributed by atoms with Crippen LogP contribution in [0.15, 0.2) is 42.5 Å². The van der Waals surface area contributed by atoms with Crippen molar-refractivity contribution in [3.63, 3.8) is 0 Å². The number of aryl methyl sites for hydroxylation is 1. The van der Waals surface area contributed by atoms with Crippen molar-refractivity contribution in [2.24, 2.45) is 0 Å². The molecule has 0 radical (unpaired) electrons. The SMILES string of the molecule is COc1ccc(C)cc1CNc1ccc(CN(C)C)cc1. The lowest BCUT2D eigenvalue weighted by molar-refractivity contribution is 0.402. The van der Waals surface area contributed by atoms with Crippen molar-refractivity contribution in [1.29, 1.82) is 0 Å². The van der Waals surface area contributed by atoms with Gasteiger partial charge in [-0.15, -0.1) is 0 Å². The second-order valence-corrected chi connectivity index (χ2v) is 5.60. The van der Waals surface area contributed by atoms with E-state index in [0.29, 0.717) is 0 Å². The van der Waals surface area contributed by atoms with Crippen LogP contribution in [0.2, 0.25) is 0 Å². The fourth-order valence-electron chi connectivity index (χ4n) is 2.34. The number of rotatable bonds is 6. The Hall–Kier alpha value is -2.00. The first-order valence-corrected chi connectivity index (χ1v) is 7.19. The highest BCUT2D eigenvalue weighted by Crippen LogP contribution is 2.21. The summed E-state index contributed by atoms with van der Waals surface area (Å²) in [6, 6.07) is 14.8. The smallest absolute Gasteiger partial charge is 0.123 e. The van der Waals surface area contributed by atoms with Crippen molar-refractivity contribution in [1.82, 2.24) is 4.90 Å². The van der Waals surface area contributed by atoms with E-state index in [4.69, 9.17) is 4.74 Å². The van der Waals surface area contributed by atoms with Crippen molar-refractivity contribution < 1.29 is 4.74 Å². The van der Waals surface area contributed by atoms with Crippen LogP contribution in [0.4, 0.5) is 5.69 Å². The van der Waals surface area contributed by atoms with Gasteiger partial charge in [-0.1, -0.05) is 29.8 Å². The van der Waals surface area contributed by atoms with Gasteiger partial charge in [-0.3, -0.25) is 0 Å². The summed E-state index contributed by atoms with van der Waals surface area (Å²) in [7, 11) is 5.87. The van der Waals surface area contributed by atoms with E-state index in [1.807, 2.05) is 6.07 Å². The molecule has 0 saturated heterocycles. The molecule has 1 N–H and O–H groups in total. The standard InChI is InChI=1S/C18H24N2O/c1-14-5-10-18(21-4)16(11-14)12-19-17-8-6-15(7-9-17)13-20(2)3/h5-11,19H,12-13H2,1-4H3. The van der Waals surface area contributed by atoms with E-state index in [1.165, 1.54) is 16.7 Å². The molecule has 0 aromatic heterocycles. The normalized spacial score (nSPS) is 10.7. The lowest BCUT2D eigenvalue weighted by Gasteiger charge is -2.13. The van der Waals surface area contributed by atoms with E-state index in [0.717, 1.165) is 24.5 Å². The van der Waals surface area contributed by atoms with E-state index >= 15 is 0 Å². The van der Waals surface area contributed by atoms with Crippen LogP contribution in [0.5, 0.6) is 5.75 Å². The Bertz CT molecular complexity index is 576. The van der Waals surface area contributed by atoms with Crippen LogP contribution in [0, 0.1) is 6.92 Å². The second kappa shape index (κ2) is 7.14. The Morgan fingerprint density at radius 1 is 1.05 bits per heavy atom. The van der Waals surface area contributed by atoms with Crippen molar-refractivity contribution in [2.45, 2.75) is 20.0 Å². The summed E-state index contributed by atoms with van der Waals surface area (Å²) in [5.74, 6) is 0.928. The predicted octanol–water partition coefficient (Wildman–Crippen LogP) is 3.68. The number of nitrogens with one attached hydrogen (secondary N) is 1. The van der Waals surface area contributed by atoms with Crippen LogP contribution in [0.25, 0.3) is 0 Å². The number of ether oxygens (including phenoxy) is 1. The van der Waals surface area contributed by atoms with Gasteiger partial charge in [-0.25, -0.2) is 0 Å². The summed E-state index contributed by atoms with van der Waals surface area (Å²) in [4.78, 5) is 2.17. The minimum absolute atomic E-state index is 0.762. The molecule has 0 aliphatic rings. The van der Waals surface area contributed by atoms with Crippen molar-refractivity contribution in [3.05, 3.63) is 59.2 Å². The monoisotopic (exact) mass is 284 g/mol. The first-order chi connectivity index (χ1) is 10.1. The van der Waals surface area contributed by atoms with Gasteiger partial charge in [-0.2, -0.15) is 0 Å². The predicted molar refractivity (Wildman–Crippen MR) is 88.9 cm³/mol. The zero-order valence-corrected chi connectivity index (χ0v) is 13.3. The average molecular weight is 284 g/mol. The van der Waals surface area contributed by atoms with Gasteiger partial charge < -0.3 is 15.0 Å². The number of hydrogen-bond acceptors (Lipinski definition) is 3. The topological polar surface area (TPSA) is 24.5 Å². The molecule has 0 saturated carbocycles. The van der Waals surface area contributed by atoms with Crippen LogP contribution >= 0.6 is 0 Å². The largest absolute Gasteiger partial charge is 0.496 e. The molecular weight excluding hydrogens is 260 g/mol. The summed E-state index contributed by atoms with van der Waals surface area (Å²) < 4.78 is 5.41. The fraction of sp³-hybridized carbons (Fsp3) is 0.333. The molecule has 0 fully saturated rings. The number of methoxy groups -OCH3 is 1. The molecule has 21 heavy (non-hydrogen) atoms. The Morgan fingerprint density at radius 3 is 2.38 bits per heavy atom. The molecule has 0 aliphatic carbocycles. The van der Waals surface area contributed by atoms with Gasteiger partial charge in [0.05, 0.1) is 7.11 Å². The van der Waals surface area contributed by atoms with Crippen molar-refractivity contribution >= 4 is 5.69 Å². The zero-order valence-electron chi connectivity index (χ0n) is 13.3. The third-order valence-corrected chi connectivity index (χ3v) is 3.37. The molecule has 3 nitrogen and oxygen atoms in total. The van der Waals surface area contributed by atoms with Crippen LogP contribution in [-0.4, -0.2) is 26.1 Å². The Labute approximate surface area is 127 Å². The average Bonchev–Trinajstić information content (AvgIpc) is 2.46. The third kappa shape index (κ3) is 4.50. The van der Waals surface area contributed by atoms with Crippen LogP contribution < -0.4 is 10.1 Å². The van der Waals surface area contributed by atoms with Gasteiger partial charge in [0.15, 0.2) is 0 Å². The van der Waals surface area contributed by atoms with E-state index < -0.39 is 0 Å². The molecule has 3 heteroatoms. The quantitative estimate of drug-likeness (QED) is 0.876. The maximum absolute atomic E-state index is 5.41. The molecule has 0 aliphatic heterocycles. The van der Waals surface area contributed by atoms with Gasteiger partial charge in [-0.05, 0) is 44.8 Å². The molecule has 0 heterocycles. The molecule has 2 aromatic carbocycles. The van der Waals surface area contributed by atoms with E-state index in [2.05, 4.69) is 67.6 Å². The lowest BCUT2D eigenvalue weighted by Crippen LogP contribution is -2.10. The summed E-state index contributed by atoms with van der Waals surface area (Å²) in [6.07, 6.45) is 0. The van der Waals surface area contributed by atoms with Crippen molar-refractivity contribution in [2.75, 3.05) is 26.5 Å². The Morgan fingerprint density at radius 2 is 1.76 bits per heavy atom. The summed E-state index contributed by atoms with van der Waals surface area (Å²) in [5.41, 5.74) is 4.86. The van der Waals surface area contributed by atoms with Gasteiger partial charge in [0.1, 0.15) is 5.75 Å². The number of benzene rings is 2. The molecule has 0 unspecified atom stereocenters. The highest BCUT2D eigenvalue weighted by molar-refractivity contribution is 5.47. The molecule has 2 rings (SSSR count). The lowest BCUT2D eigenvalue weighted by atomic mass is 10.1. The highest BCUT2D eigenvalue weighted by Gasteiger charge is 2.03. The van der Waals surface area contributed by atoms with Gasteiger partial charge in [0.2, 0.25) is 0 Å². The molecule has 0 spiro atoms.